The van der Waals surface area contributed by atoms with Crippen LogP contribution in [0.15, 0.2) is 48.8 Å². The van der Waals surface area contributed by atoms with Gasteiger partial charge in [0.1, 0.15) is 11.4 Å². The molecule has 5 heterocycles. The van der Waals surface area contributed by atoms with Gasteiger partial charge in [0.15, 0.2) is 5.65 Å². The highest BCUT2D eigenvalue weighted by atomic mass is 16.5. The first kappa shape index (κ1) is 19.9. The van der Waals surface area contributed by atoms with Crippen LogP contribution in [0.25, 0.3) is 5.65 Å². The van der Waals surface area contributed by atoms with Crippen molar-refractivity contribution < 1.29 is 9.84 Å². The number of aliphatic hydroxyl groups excluding tert-OH is 1. The second-order valence-corrected chi connectivity index (χ2v) is 10.4. The maximum absolute atomic E-state index is 10.3. The van der Waals surface area contributed by atoms with Gasteiger partial charge in [-0.3, -0.25) is 4.90 Å². The highest BCUT2D eigenvalue weighted by Crippen LogP contribution is 2.50. The van der Waals surface area contributed by atoms with Gasteiger partial charge in [-0.2, -0.15) is 0 Å². The lowest BCUT2D eigenvalue weighted by Gasteiger charge is -2.41. The highest BCUT2D eigenvalue weighted by Gasteiger charge is 2.62. The van der Waals surface area contributed by atoms with Crippen LogP contribution in [0.2, 0.25) is 0 Å². The average Bonchev–Trinajstić information content (AvgIpc) is 3.43. The van der Waals surface area contributed by atoms with E-state index >= 15 is 0 Å². The molecular weight excluding hydrogens is 414 g/mol. The first-order valence-corrected chi connectivity index (χ1v) is 12.4. The predicted molar refractivity (Wildman–Crippen MR) is 125 cm³/mol. The third-order valence-corrected chi connectivity index (χ3v) is 8.72. The van der Waals surface area contributed by atoms with Crippen LogP contribution in [-0.2, 0) is 17.6 Å². The van der Waals surface area contributed by atoms with E-state index in [1.807, 2.05) is 16.8 Å². The van der Waals surface area contributed by atoms with Crippen LogP contribution in [0, 0.1) is 11.8 Å². The largest absolute Gasteiger partial charge is 0.396 e. The number of aromatic nitrogens is 3. The summed E-state index contributed by atoms with van der Waals surface area (Å²) in [7, 11) is 0. The molecule has 0 radical (unpaired) electrons. The van der Waals surface area contributed by atoms with Gasteiger partial charge >= 0.3 is 0 Å². The molecule has 1 spiro atoms. The molecule has 3 fully saturated rings. The highest BCUT2D eigenvalue weighted by molar-refractivity contribution is 5.47. The summed E-state index contributed by atoms with van der Waals surface area (Å²) >= 11 is 0. The van der Waals surface area contributed by atoms with Crippen molar-refractivity contribution in [2.75, 3.05) is 37.7 Å². The second-order valence-electron chi connectivity index (χ2n) is 10.4. The number of aryl methyl sites for hydroxylation is 2. The van der Waals surface area contributed by atoms with Crippen molar-refractivity contribution in [1.82, 2.24) is 19.5 Å². The Kier molecular flexibility index (Phi) is 4.54. The standard InChI is InChI=1S/C26H31N5O2/c32-15-21-22-13-29(20-7-5-18-3-1-2-4-19(18)6-8-20)16-26(22)17-30(14-23(21)33-26)25-10-9-24-27-11-12-31(24)28-25/h1-4,9-12,20-23,32H,5-8,13-17H2/t21-,22+,23+,26-/m0/s1. The molecule has 3 aliphatic heterocycles. The summed E-state index contributed by atoms with van der Waals surface area (Å²) in [5.74, 6) is 1.54. The minimum absolute atomic E-state index is 0.0644. The summed E-state index contributed by atoms with van der Waals surface area (Å²) in [4.78, 5) is 9.39. The van der Waals surface area contributed by atoms with Crippen molar-refractivity contribution in [2.45, 2.75) is 43.4 Å². The number of nitrogens with zero attached hydrogens (tertiary/aromatic N) is 5. The molecule has 2 bridgehead atoms. The number of hydrogen-bond donors (Lipinski definition) is 1. The van der Waals surface area contributed by atoms with E-state index in [-0.39, 0.29) is 24.2 Å². The Labute approximate surface area is 194 Å². The summed E-state index contributed by atoms with van der Waals surface area (Å²) < 4.78 is 8.60. The fourth-order valence-corrected chi connectivity index (χ4v) is 7.10. The molecule has 2 aromatic heterocycles. The van der Waals surface area contributed by atoms with Crippen LogP contribution in [-0.4, -0.2) is 75.1 Å². The van der Waals surface area contributed by atoms with E-state index in [9.17, 15) is 5.11 Å². The van der Waals surface area contributed by atoms with E-state index in [1.165, 1.54) is 24.0 Å². The molecule has 33 heavy (non-hydrogen) atoms. The number of hydrogen-bond acceptors (Lipinski definition) is 6. The van der Waals surface area contributed by atoms with Gasteiger partial charge in [-0.25, -0.2) is 9.50 Å². The molecule has 1 aliphatic carbocycles. The van der Waals surface area contributed by atoms with E-state index in [2.05, 4.69) is 45.1 Å². The van der Waals surface area contributed by atoms with Crippen molar-refractivity contribution in [3.05, 3.63) is 59.9 Å². The maximum atomic E-state index is 10.3. The van der Waals surface area contributed by atoms with Crippen LogP contribution in [0.3, 0.4) is 0 Å². The molecule has 0 saturated carbocycles. The summed E-state index contributed by atoms with van der Waals surface area (Å²) in [5.41, 5.74) is 3.68. The molecule has 0 unspecified atom stereocenters. The number of fused-ring (bicyclic) bond motifs is 3. The van der Waals surface area contributed by atoms with E-state index in [0.29, 0.717) is 12.0 Å². The SMILES string of the molecule is OC[C@H]1[C@H]2CN(C3CCc4ccccc4CC3)C[C@]23CN(c2ccc4nccn4n2)C[C@H]1O3. The zero-order valence-electron chi connectivity index (χ0n) is 18.9. The molecule has 7 nitrogen and oxygen atoms in total. The molecule has 7 heteroatoms. The lowest BCUT2D eigenvalue weighted by atomic mass is 9.83. The third kappa shape index (κ3) is 3.13. The smallest absolute Gasteiger partial charge is 0.153 e. The second kappa shape index (κ2) is 7.52. The summed E-state index contributed by atoms with van der Waals surface area (Å²) in [6.45, 7) is 3.81. The van der Waals surface area contributed by atoms with Gasteiger partial charge in [0, 0.05) is 56.5 Å². The minimum Gasteiger partial charge on any atom is -0.396 e. The third-order valence-electron chi connectivity index (χ3n) is 8.72. The van der Waals surface area contributed by atoms with Crippen LogP contribution in [0.1, 0.15) is 24.0 Å². The van der Waals surface area contributed by atoms with Gasteiger partial charge in [-0.05, 0) is 48.9 Å². The van der Waals surface area contributed by atoms with E-state index < -0.39 is 0 Å². The van der Waals surface area contributed by atoms with Crippen molar-refractivity contribution in [2.24, 2.45) is 11.8 Å². The fourth-order valence-electron chi connectivity index (χ4n) is 7.10. The average molecular weight is 446 g/mol. The zero-order chi connectivity index (χ0) is 22.0. The molecule has 1 aromatic carbocycles. The quantitative estimate of drug-likeness (QED) is 0.624. The summed E-state index contributed by atoms with van der Waals surface area (Å²) in [6, 6.07) is 13.6. The first-order chi connectivity index (χ1) is 16.2. The Morgan fingerprint density at radius 2 is 1.85 bits per heavy atom. The van der Waals surface area contributed by atoms with Crippen molar-refractivity contribution >= 4 is 11.5 Å². The Morgan fingerprint density at radius 3 is 2.64 bits per heavy atom. The summed E-state index contributed by atoms with van der Waals surface area (Å²) in [6.07, 6.45) is 8.46. The molecule has 7 rings (SSSR count). The van der Waals surface area contributed by atoms with Gasteiger partial charge in [-0.1, -0.05) is 24.3 Å². The Hall–Kier alpha value is -2.48. The fraction of sp³-hybridized carbons (Fsp3) is 0.538. The van der Waals surface area contributed by atoms with E-state index in [1.54, 1.807) is 6.20 Å². The molecular formula is C26H31N5O2. The Bertz CT molecular complexity index is 1150. The van der Waals surface area contributed by atoms with Gasteiger partial charge in [0.2, 0.25) is 0 Å². The molecule has 4 atom stereocenters. The number of aliphatic hydroxyl groups is 1. The number of morpholine rings is 1. The zero-order valence-corrected chi connectivity index (χ0v) is 18.9. The van der Waals surface area contributed by atoms with Crippen molar-refractivity contribution in [3.8, 4) is 0 Å². The maximum Gasteiger partial charge on any atom is 0.153 e. The Balaban J connectivity index is 1.15. The van der Waals surface area contributed by atoms with Crippen LogP contribution < -0.4 is 4.90 Å². The minimum atomic E-state index is -0.221. The molecule has 3 saturated heterocycles. The van der Waals surface area contributed by atoms with Gasteiger partial charge in [0.25, 0.3) is 0 Å². The normalized spacial score (nSPS) is 32.2. The van der Waals surface area contributed by atoms with Crippen molar-refractivity contribution in [3.63, 3.8) is 0 Å². The predicted octanol–water partition coefficient (Wildman–Crippen LogP) is 2.17. The molecule has 3 aromatic rings. The molecule has 4 aliphatic rings. The lowest BCUT2D eigenvalue weighted by Crippen LogP contribution is -2.55. The number of imidazole rings is 1. The van der Waals surface area contributed by atoms with Gasteiger partial charge in [0.05, 0.1) is 12.6 Å². The van der Waals surface area contributed by atoms with Crippen LogP contribution in [0.5, 0.6) is 0 Å². The van der Waals surface area contributed by atoms with Crippen LogP contribution >= 0.6 is 0 Å². The first-order valence-electron chi connectivity index (χ1n) is 12.4. The lowest BCUT2D eigenvalue weighted by molar-refractivity contribution is -0.0671. The number of rotatable bonds is 3. The van der Waals surface area contributed by atoms with E-state index in [0.717, 1.165) is 50.5 Å². The number of ether oxygens (including phenoxy) is 1. The van der Waals surface area contributed by atoms with Gasteiger partial charge in [-0.15, -0.1) is 5.10 Å². The molecule has 172 valence electrons. The van der Waals surface area contributed by atoms with Crippen LogP contribution in [0.4, 0.5) is 5.82 Å². The number of likely N-dealkylation sites (tertiary alicyclic amines) is 1. The molecule has 0 amide bonds. The van der Waals surface area contributed by atoms with Crippen molar-refractivity contribution in [1.29, 1.82) is 0 Å². The Morgan fingerprint density at radius 1 is 1.03 bits per heavy atom. The topological polar surface area (TPSA) is 66.1 Å². The summed E-state index contributed by atoms with van der Waals surface area (Å²) in [5, 5.41) is 15.2. The van der Waals surface area contributed by atoms with E-state index in [4.69, 9.17) is 9.84 Å². The monoisotopic (exact) mass is 445 g/mol. The number of anilines is 1. The molecule has 1 N–H and O–H groups in total. The number of benzene rings is 1. The van der Waals surface area contributed by atoms with Gasteiger partial charge < -0.3 is 14.7 Å².